The van der Waals surface area contributed by atoms with Crippen molar-refractivity contribution in [2.24, 2.45) is 4.99 Å². The number of aromatic nitrogens is 3. The average Bonchev–Trinajstić information content (AvgIpc) is 3.14. The topological polar surface area (TPSA) is 66.6 Å². The summed E-state index contributed by atoms with van der Waals surface area (Å²) in [6, 6.07) is 14.9. The number of guanidine groups is 1. The molecule has 6 nitrogen and oxygen atoms in total. The first-order valence-electron chi connectivity index (χ1n) is 10.1. The van der Waals surface area contributed by atoms with Crippen molar-refractivity contribution in [3.05, 3.63) is 65.6 Å². The molecule has 29 heavy (non-hydrogen) atoms. The number of nitrogens with one attached hydrogen (secondary N) is 2. The van der Waals surface area contributed by atoms with Crippen molar-refractivity contribution in [1.29, 1.82) is 0 Å². The van der Waals surface area contributed by atoms with Crippen LogP contribution in [0, 0.1) is 0 Å². The summed E-state index contributed by atoms with van der Waals surface area (Å²) in [6.07, 6.45) is 4.84. The van der Waals surface area contributed by atoms with Crippen LogP contribution in [0.5, 0.6) is 0 Å². The van der Waals surface area contributed by atoms with Crippen LogP contribution in [0.2, 0.25) is 0 Å². The number of hydrogen-bond donors (Lipinski definition) is 2. The number of benzene rings is 1. The van der Waals surface area contributed by atoms with Gasteiger partial charge >= 0.3 is 0 Å². The summed E-state index contributed by atoms with van der Waals surface area (Å²) < 4.78 is 2.04. The van der Waals surface area contributed by atoms with Gasteiger partial charge in [0.05, 0.1) is 6.04 Å². The molecule has 0 aliphatic carbocycles. The minimum absolute atomic E-state index is 0. The van der Waals surface area contributed by atoms with Crippen molar-refractivity contribution in [3.63, 3.8) is 0 Å². The second-order valence-corrected chi connectivity index (χ2v) is 6.87. The second kappa shape index (κ2) is 11.7. The van der Waals surface area contributed by atoms with E-state index in [0.717, 1.165) is 49.8 Å². The van der Waals surface area contributed by atoms with Crippen LogP contribution >= 0.6 is 24.0 Å². The Morgan fingerprint density at radius 1 is 1.10 bits per heavy atom. The Balaban J connectivity index is 0.00000300. The SMILES string of the molecule is CCNC(=NCCCc1nnc2ccccn12)NC(C)c1ccc(CC)cc1.I. The van der Waals surface area contributed by atoms with Crippen molar-refractivity contribution in [2.45, 2.75) is 46.1 Å². The zero-order valence-corrected chi connectivity index (χ0v) is 19.8. The monoisotopic (exact) mass is 506 g/mol. The first-order chi connectivity index (χ1) is 13.7. The normalized spacial score (nSPS) is 12.4. The molecule has 0 radical (unpaired) electrons. The third-order valence-corrected chi connectivity index (χ3v) is 4.80. The summed E-state index contributed by atoms with van der Waals surface area (Å²) in [6.45, 7) is 7.99. The van der Waals surface area contributed by atoms with E-state index < -0.39 is 0 Å². The predicted octanol–water partition coefficient (Wildman–Crippen LogP) is 4.16. The third kappa shape index (κ3) is 6.42. The minimum Gasteiger partial charge on any atom is -0.357 e. The summed E-state index contributed by atoms with van der Waals surface area (Å²) in [5, 5.41) is 15.3. The second-order valence-electron chi connectivity index (χ2n) is 6.87. The van der Waals surface area contributed by atoms with Crippen molar-refractivity contribution in [2.75, 3.05) is 13.1 Å². The maximum Gasteiger partial charge on any atom is 0.191 e. The molecule has 3 rings (SSSR count). The van der Waals surface area contributed by atoms with Gasteiger partial charge in [0.1, 0.15) is 5.82 Å². The molecular weight excluding hydrogens is 475 g/mol. The molecule has 0 aliphatic heterocycles. The summed E-state index contributed by atoms with van der Waals surface area (Å²) in [5.74, 6) is 1.83. The fourth-order valence-electron chi connectivity index (χ4n) is 3.14. The van der Waals surface area contributed by atoms with Crippen LogP contribution in [-0.2, 0) is 12.8 Å². The molecule has 0 fully saturated rings. The van der Waals surface area contributed by atoms with Crippen molar-refractivity contribution >= 4 is 35.6 Å². The summed E-state index contributed by atoms with van der Waals surface area (Å²) >= 11 is 0. The van der Waals surface area contributed by atoms with Gasteiger partial charge in [-0.25, -0.2) is 0 Å². The fourth-order valence-corrected chi connectivity index (χ4v) is 3.14. The molecule has 0 bridgehead atoms. The Labute approximate surface area is 190 Å². The average molecular weight is 506 g/mol. The van der Waals surface area contributed by atoms with Gasteiger partial charge in [-0.1, -0.05) is 37.3 Å². The zero-order valence-electron chi connectivity index (χ0n) is 17.4. The lowest BCUT2D eigenvalue weighted by molar-refractivity contribution is 0.680. The number of nitrogens with zero attached hydrogens (tertiary/aromatic N) is 4. The van der Waals surface area contributed by atoms with E-state index in [1.807, 2.05) is 28.8 Å². The number of aliphatic imine (C=N–C) groups is 1. The molecule has 0 spiro atoms. The highest BCUT2D eigenvalue weighted by atomic mass is 127. The summed E-state index contributed by atoms with van der Waals surface area (Å²) in [4.78, 5) is 4.73. The molecule has 2 aromatic heterocycles. The van der Waals surface area contributed by atoms with Crippen molar-refractivity contribution < 1.29 is 0 Å². The number of rotatable bonds is 8. The highest BCUT2D eigenvalue weighted by Gasteiger charge is 2.08. The molecule has 3 aromatic rings. The lowest BCUT2D eigenvalue weighted by Gasteiger charge is -2.18. The zero-order chi connectivity index (χ0) is 19.8. The van der Waals surface area contributed by atoms with Gasteiger partial charge in [0, 0.05) is 25.7 Å². The minimum atomic E-state index is 0. The van der Waals surface area contributed by atoms with Gasteiger partial charge in [-0.2, -0.15) is 0 Å². The van der Waals surface area contributed by atoms with Crippen LogP contribution in [-0.4, -0.2) is 33.6 Å². The number of halogens is 1. The number of aryl methyl sites for hydroxylation is 2. The Kier molecular flexibility index (Phi) is 9.37. The van der Waals surface area contributed by atoms with Gasteiger partial charge in [-0.3, -0.25) is 9.39 Å². The number of pyridine rings is 1. The molecule has 1 atom stereocenters. The van der Waals surface area contributed by atoms with E-state index in [-0.39, 0.29) is 30.0 Å². The predicted molar refractivity (Wildman–Crippen MR) is 130 cm³/mol. The van der Waals surface area contributed by atoms with Gasteiger partial charge < -0.3 is 10.6 Å². The van der Waals surface area contributed by atoms with Crippen LogP contribution in [0.25, 0.3) is 5.65 Å². The molecule has 0 saturated carbocycles. The van der Waals surface area contributed by atoms with E-state index in [4.69, 9.17) is 4.99 Å². The van der Waals surface area contributed by atoms with E-state index in [0.29, 0.717) is 0 Å². The van der Waals surface area contributed by atoms with Crippen molar-refractivity contribution in [3.8, 4) is 0 Å². The Bertz CT molecular complexity index is 903. The van der Waals surface area contributed by atoms with E-state index in [1.54, 1.807) is 0 Å². The summed E-state index contributed by atoms with van der Waals surface area (Å²) in [5.41, 5.74) is 3.51. The molecule has 0 saturated heterocycles. The summed E-state index contributed by atoms with van der Waals surface area (Å²) in [7, 11) is 0. The van der Waals surface area contributed by atoms with Gasteiger partial charge in [0.15, 0.2) is 11.6 Å². The van der Waals surface area contributed by atoms with Gasteiger partial charge in [-0.05, 0) is 49.9 Å². The highest BCUT2D eigenvalue weighted by molar-refractivity contribution is 14.0. The fraction of sp³-hybridized carbons (Fsp3) is 0.409. The van der Waals surface area contributed by atoms with Crippen LogP contribution in [0.3, 0.4) is 0 Å². The molecule has 2 N–H and O–H groups in total. The van der Waals surface area contributed by atoms with Crippen LogP contribution < -0.4 is 10.6 Å². The van der Waals surface area contributed by atoms with E-state index in [9.17, 15) is 0 Å². The molecule has 1 unspecified atom stereocenters. The largest absolute Gasteiger partial charge is 0.357 e. The maximum atomic E-state index is 4.73. The lowest BCUT2D eigenvalue weighted by atomic mass is 10.1. The van der Waals surface area contributed by atoms with Gasteiger partial charge in [0.2, 0.25) is 0 Å². The van der Waals surface area contributed by atoms with E-state index in [1.165, 1.54) is 11.1 Å². The number of hydrogen-bond acceptors (Lipinski definition) is 3. The first-order valence-corrected chi connectivity index (χ1v) is 10.1. The van der Waals surface area contributed by atoms with Gasteiger partial charge in [0.25, 0.3) is 0 Å². The Hall–Kier alpha value is -2.16. The van der Waals surface area contributed by atoms with Crippen molar-refractivity contribution in [1.82, 2.24) is 25.2 Å². The number of fused-ring (bicyclic) bond motifs is 1. The smallest absolute Gasteiger partial charge is 0.191 e. The third-order valence-electron chi connectivity index (χ3n) is 4.80. The highest BCUT2D eigenvalue weighted by Crippen LogP contribution is 2.13. The molecular formula is C22H31IN6. The molecule has 1 aromatic carbocycles. The molecule has 2 heterocycles. The molecule has 0 aliphatic rings. The molecule has 7 heteroatoms. The van der Waals surface area contributed by atoms with E-state index >= 15 is 0 Å². The lowest BCUT2D eigenvalue weighted by Crippen LogP contribution is -2.38. The molecule has 156 valence electrons. The maximum absolute atomic E-state index is 4.73. The molecule has 0 amide bonds. The van der Waals surface area contributed by atoms with Crippen LogP contribution in [0.15, 0.2) is 53.7 Å². The van der Waals surface area contributed by atoms with E-state index in [2.05, 4.69) is 65.9 Å². The first kappa shape index (κ1) is 23.1. The van der Waals surface area contributed by atoms with Gasteiger partial charge in [-0.15, -0.1) is 34.2 Å². The Morgan fingerprint density at radius 3 is 2.62 bits per heavy atom. The van der Waals surface area contributed by atoms with Crippen LogP contribution in [0.4, 0.5) is 0 Å². The standard InChI is InChI=1S/C22H30N6.HI/c1-4-18-11-13-19(14-12-18)17(3)25-22(23-5-2)24-15-8-10-21-27-26-20-9-6-7-16-28(20)21;/h6-7,9,11-14,16-17H,4-5,8,10,15H2,1-3H3,(H2,23,24,25);1H. The Morgan fingerprint density at radius 2 is 1.90 bits per heavy atom. The quantitative estimate of drug-likeness (QED) is 0.209. The van der Waals surface area contributed by atoms with Crippen LogP contribution in [0.1, 0.15) is 50.2 Å².